The minimum absolute atomic E-state index is 0.428. The van der Waals surface area contributed by atoms with Crippen LogP contribution in [0.1, 0.15) is 0 Å². The molecule has 2 aromatic carbocycles. The van der Waals surface area contributed by atoms with Gasteiger partial charge in [-0.25, -0.2) is 0 Å². The number of rotatable bonds is 6. The van der Waals surface area contributed by atoms with Crippen LogP contribution in [0.5, 0.6) is 5.75 Å². The molecule has 3 aromatic rings. The Kier molecular flexibility index (Phi) is 5.71. The molecule has 0 unspecified atom stereocenters. The number of hydrogen-bond acceptors (Lipinski definition) is 8. The number of nitrogens with zero attached hydrogens (tertiary/aromatic N) is 5. The van der Waals surface area contributed by atoms with Crippen LogP contribution in [-0.4, -0.2) is 60.4 Å². The first-order valence-electron chi connectivity index (χ1n) is 9.61. The highest BCUT2D eigenvalue weighted by molar-refractivity contribution is 5.65. The average molecular weight is 391 g/mol. The summed E-state index contributed by atoms with van der Waals surface area (Å²) in [7, 11) is 3.80. The fourth-order valence-electron chi connectivity index (χ4n) is 3.25. The van der Waals surface area contributed by atoms with Gasteiger partial charge in [0.2, 0.25) is 5.95 Å². The highest BCUT2D eigenvalue weighted by Gasteiger charge is 2.14. The van der Waals surface area contributed by atoms with Crippen molar-refractivity contribution in [2.24, 2.45) is 0 Å². The van der Waals surface area contributed by atoms with Gasteiger partial charge >= 0.3 is 0 Å². The number of hydrogen-bond donors (Lipinski definition) is 2. The van der Waals surface area contributed by atoms with Crippen molar-refractivity contribution in [3.63, 3.8) is 0 Å². The number of para-hydroxylation sites is 2. The third-order valence-corrected chi connectivity index (χ3v) is 4.92. The van der Waals surface area contributed by atoms with Crippen molar-refractivity contribution in [2.75, 3.05) is 55.9 Å². The third-order valence-electron chi connectivity index (χ3n) is 4.92. The number of piperazine rings is 1. The predicted molar refractivity (Wildman–Crippen MR) is 116 cm³/mol. The summed E-state index contributed by atoms with van der Waals surface area (Å²) < 4.78 is 5.36. The lowest BCUT2D eigenvalue weighted by Crippen LogP contribution is -2.44. The SMILES string of the molecule is COc1ccccc1Nc1cnnc(Nc2ccc(N3CCN(C)CC3)cc2)n1. The second-order valence-corrected chi connectivity index (χ2v) is 6.95. The van der Waals surface area contributed by atoms with Crippen LogP contribution in [0, 0.1) is 0 Å². The molecule has 1 aliphatic heterocycles. The van der Waals surface area contributed by atoms with Crippen molar-refractivity contribution >= 4 is 28.8 Å². The van der Waals surface area contributed by atoms with Crippen LogP contribution in [0.25, 0.3) is 0 Å². The van der Waals surface area contributed by atoms with Crippen LogP contribution in [-0.2, 0) is 0 Å². The van der Waals surface area contributed by atoms with Gasteiger partial charge in [0.05, 0.1) is 19.0 Å². The molecule has 1 saturated heterocycles. The fourth-order valence-corrected chi connectivity index (χ4v) is 3.25. The fraction of sp³-hybridized carbons (Fsp3) is 0.286. The van der Waals surface area contributed by atoms with Crippen LogP contribution in [0.2, 0.25) is 0 Å². The van der Waals surface area contributed by atoms with Gasteiger partial charge in [0.15, 0.2) is 5.82 Å². The molecule has 1 fully saturated rings. The van der Waals surface area contributed by atoms with Crippen molar-refractivity contribution in [3.8, 4) is 5.75 Å². The highest BCUT2D eigenvalue weighted by atomic mass is 16.5. The third kappa shape index (κ3) is 4.72. The molecular weight excluding hydrogens is 366 g/mol. The number of nitrogens with one attached hydrogen (secondary N) is 2. The molecule has 29 heavy (non-hydrogen) atoms. The lowest BCUT2D eigenvalue weighted by molar-refractivity contribution is 0.313. The van der Waals surface area contributed by atoms with E-state index in [0.29, 0.717) is 11.8 Å². The maximum Gasteiger partial charge on any atom is 0.249 e. The molecule has 0 aliphatic carbocycles. The van der Waals surface area contributed by atoms with E-state index < -0.39 is 0 Å². The molecular formula is C21H25N7O. The van der Waals surface area contributed by atoms with Gasteiger partial charge in [-0.1, -0.05) is 12.1 Å². The molecule has 8 nitrogen and oxygen atoms in total. The molecule has 2 heterocycles. The summed E-state index contributed by atoms with van der Waals surface area (Å²) in [5.41, 5.74) is 2.96. The summed E-state index contributed by atoms with van der Waals surface area (Å²) in [5, 5.41) is 14.5. The predicted octanol–water partition coefficient (Wildman–Crippen LogP) is 3.12. The highest BCUT2D eigenvalue weighted by Crippen LogP contribution is 2.26. The van der Waals surface area contributed by atoms with E-state index in [2.05, 4.69) is 54.8 Å². The first-order chi connectivity index (χ1) is 14.2. The van der Waals surface area contributed by atoms with Crippen LogP contribution in [0.3, 0.4) is 0 Å². The van der Waals surface area contributed by atoms with E-state index in [1.807, 2.05) is 36.4 Å². The van der Waals surface area contributed by atoms with E-state index in [0.717, 1.165) is 43.3 Å². The zero-order valence-electron chi connectivity index (χ0n) is 16.7. The van der Waals surface area contributed by atoms with Gasteiger partial charge < -0.3 is 25.2 Å². The first-order valence-corrected chi connectivity index (χ1v) is 9.61. The zero-order chi connectivity index (χ0) is 20.1. The Labute approximate surface area is 170 Å². The van der Waals surface area contributed by atoms with Gasteiger partial charge in [0.1, 0.15) is 5.75 Å². The normalized spacial score (nSPS) is 14.5. The minimum Gasteiger partial charge on any atom is -0.495 e. The molecule has 0 spiro atoms. The number of ether oxygens (including phenoxy) is 1. The lowest BCUT2D eigenvalue weighted by atomic mass is 10.2. The Morgan fingerprint density at radius 3 is 2.45 bits per heavy atom. The minimum atomic E-state index is 0.428. The molecule has 0 saturated carbocycles. The summed E-state index contributed by atoms with van der Waals surface area (Å²) in [5.74, 6) is 1.75. The Hall–Kier alpha value is -3.39. The molecule has 4 rings (SSSR count). The summed E-state index contributed by atoms with van der Waals surface area (Å²) in [4.78, 5) is 9.24. The van der Waals surface area contributed by atoms with Crippen molar-refractivity contribution in [1.29, 1.82) is 0 Å². The smallest absolute Gasteiger partial charge is 0.249 e. The molecule has 2 N–H and O–H groups in total. The van der Waals surface area contributed by atoms with Crippen LogP contribution in [0.4, 0.5) is 28.8 Å². The molecule has 1 aliphatic rings. The van der Waals surface area contributed by atoms with Gasteiger partial charge in [-0.05, 0) is 43.4 Å². The number of likely N-dealkylation sites (N-methyl/N-ethyl adjacent to an activating group) is 1. The quantitative estimate of drug-likeness (QED) is 0.664. The maximum absolute atomic E-state index is 5.36. The van der Waals surface area contributed by atoms with E-state index >= 15 is 0 Å². The second kappa shape index (κ2) is 8.74. The monoisotopic (exact) mass is 391 g/mol. The van der Waals surface area contributed by atoms with Crippen LogP contribution in [0.15, 0.2) is 54.7 Å². The summed E-state index contributed by atoms with van der Waals surface area (Å²) in [6.07, 6.45) is 1.58. The topological polar surface area (TPSA) is 78.4 Å². The molecule has 0 bridgehead atoms. The molecule has 150 valence electrons. The van der Waals surface area contributed by atoms with Crippen LogP contribution >= 0.6 is 0 Å². The molecule has 1 aromatic heterocycles. The van der Waals surface area contributed by atoms with E-state index in [9.17, 15) is 0 Å². The van der Waals surface area contributed by atoms with Crippen molar-refractivity contribution in [1.82, 2.24) is 20.1 Å². The largest absolute Gasteiger partial charge is 0.495 e. The Bertz CT molecular complexity index is 940. The standard InChI is InChI=1S/C21H25N7O/c1-27-11-13-28(14-12-27)17-9-7-16(8-10-17)23-21-25-20(15-22-26-21)24-18-5-3-4-6-19(18)29-2/h3-10,15H,11-14H2,1-2H3,(H2,23,24,25,26). The first kappa shape index (κ1) is 18.9. The van der Waals surface area contributed by atoms with Gasteiger partial charge in [-0.2, -0.15) is 10.1 Å². The Balaban J connectivity index is 1.42. The number of methoxy groups -OCH3 is 1. The molecule has 0 radical (unpaired) electrons. The van der Waals surface area contributed by atoms with E-state index in [-0.39, 0.29) is 0 Å². The maximum atomic E-state index is 5.36. The molecule has 0 amide bonds. The van der Waals surface area contributed by atoms with Gasteiger partial charge in [-0.3, -0.25) is 0 Å². The number of aromatic nitrogens is 3. The lowest BCUT2D eigenvalue weighted by Gasteiger charge is -2.34. The zero-order valence-corrected chi connectivity index (χ0v) is 16.7. The average Bonchev–Trinajstić information content (AvgIpc) is 2.76. The van der Waals surface area contributed by atoms with Crippen molar-refractivity contribution in [2.45, 2.75) is 0 Å². The van der Waals surface area contributed by atoms with Crippen LogP contribution < -0.4 is 20.3 Å². The number of benzene rings is 2. The number of anilines is 5. The Morgan fingerprint density at radius 1 is 0.931 bits per heavy atom. The summed E-state index contributed by atoms with van der Waals surface area (Å²) in [6, 6.07) is 16.0. The van der Waals surface area contributed by atoms with Gasteiger partial charge in [-0.15, -0.1) is 5.10 Å². The van der Waals surface area contributed by atoms with Gasteiger partial charge in [0, 0.05) is 37.6 Å². The van der Waals surface area contributed by atoms with E-state index in [1.54, 1.807) is 13.3 Å². The Morgan fingerprint density at radius 2 is 1.69 bits per heavy atom. The second-order valence-electron chi connectivity index (χ2n) is 6.95. The van der Waals surface area contributed by atoms with Crippen molar-refractivity contribution in [3.05, 3.63) is 54.7 Å². The van der Waals surface area contributed by atoms with Gasteiger partial charge in [0.25, 0.3) is 0 Å². The summed E-state index contributed by atoms with van der Waals surface area (Å²) in [6.45, 7) is 4.27. The van der Waals surface area contributed by atoms with E-state index in [1.165, 1.54) is 5.69 Å². The van der Waals surface area contributed by atoms with Crippen molar-refractivity contribution < 1.29 is 4.74 Å². The molecule has 8 heteroatoms. The molecule has 0 atom stereocenters. The summed E-state index contributed by atoms with van der Waals surface area (Å²) >= 11 is 0. The van der Waals surface area contributed by atoms with E-state index in [4.69, 9.17) is 4.74 Å².